The molecule has 42 heavy (non-hydrogen) atoms. The lowest BCUT2D eigenvalue weighted by Crippen LogP contribution is -2.49. The van der Waals surface area contributed by atoms with Crippen LogP contribution >= 0.6 is 11.3 Å². The Morgan fingerprint density at radius 3 is 2.14 bits per heavy atom. The summed E-state index contributed by atoms with van der Waals surface area (Å²) < 4.78 is 8.70. The summed E-state index contributed by atoms with van der Waals surface area (Å²) in [5.74, 6) is 0. The second-order valence-corrected chi connectivity index (χ2v) is 13.2. The quantitative estimate of drug-likeness (QED) is 0.161. The summed E-state index contributed by atoms with van der Waals surface area (Å²) >= 11 is 1.81. The average Bonchev–Trinajstić information content (AvgIpc) is 3.38. The van der Waals surface area contributed by atoms with Gasteiger partial charge in [-0.15, -0.1) is 11.3 Å². The molecule has 205 valence electrons. The molecule has 1 N–H and O–H groups in total. The molecule has 0 atom stereocenters. The van der Waals surface area contributed by atoms with Crippen LogP contribution in [0.4, 0.5) is 0 Å². The Kier molecular flexibility index (Phi) is 6.47. The number of aliphatic hydroxyl groups is 1. The van der Waals surface area contributed by atoms with Crippen LogP contribution in [-0.4, -0.2) is 23.8 Å². The Morgan fingerprint density at radius 2 is 1.33 bits per heavy atom. The zero-order valence-corrected chi connectivity index (χ0v) is 25.1. The Hall–Kier alpha value is -3.96. The van der Waals surface area contributed by atoms with E-state index in [-0.39, 0.29) is 0 Å². The summed E-state index contributed by atoms with van der Waals surface area (Å²) in [6.07, 6.45) is 0. The largest absolute Gasteiger partial charge is 0.427 e. The van der Waals surface area contributed by atoms with E-state index in [0.717, 1.165) is 5.46 Å². The van der Waals surface area contributed by atoms with Gasteiger partial charge < -0.3 is 9.76 Å². The van der Waals surface area contributed by atoms with E-state index in [1.54, 1.807) is 13.8 Å². The van der Waals surface area contributed by atoms with Gasteiger partial charge in [0.15, 0.2) is 0 Å². The van der Waals surface area contributed by atoms with Crippen LogP contribution in [-0.2, 0) is 4.65 Å². The topological polar surface area (TPSA) is 29.5 Å². The minimum absolute atomic E-state index is 0.752. The fourth-order valence-electron chi connectivity index (χ4n) is 5.63. The van der Waals surface area contributed by atoms with Gasteiger partial charge in [-0.25, -0.2) is 0 Å². The van der Waals surface area contributed by atoms with Crippen molar-refractivity contribution in [3.05, 3.63) is 115 Å². The van der Waals surface area contributed by atoms with E-state index in [1.807, 2.05) is 32.7 Å². The first-order valence-electron chi connectivity index (χ1n) is 14.4. The molecule has 0 aliphatic heterocycles. The smallest absolute Gasteiger partial charge is 0.331 e. The van der Waals surface area contributed by atoms with Crippen LogP contribution < -0.4 is 5.46 Å². The predicted octanol–water partition coefficient (Wildman–Crippen LogP) is 9.51. The Labute approximate surface area is 251 Å². The van der Waals surface area contributed by atoms with Gasteiger partial charge in [-0.1, -0.05) is 91.0 Å². The van der Waals surface area contributed by atoms with Gasteiger partial charge in [0.25, 0.3) is 0 Å². The SMILES string of the molecule is CC(C)(O)C(C)(C)O[B]c1cccc2sc3cc(-c4ccc5c(ccc6ccccc65)c4)cc(-c4ccccc4)c3c12. The van der Waals surface area contributed by atoms with Crippen molar-refractivity contribution >= 4 is 66.0 Å². The van der Waals surface area contributed by atoms with Crippen molar-refractivity contribution in [2.24, 2.45) is 0 Å². The number of hydrogen-bond donors (Lipinski definition) is 1. The van der Waals surface area contributed by atoms with E-state index in [4.69, 9.17) is 4.65 Å². The van der Waals surface area contributed by atoms with Crippen LogP contribution in [0.15, 0.2) is 115 Å². The van der Waals surface area contributed by atoms with Gasteiger partial charge in [-0.3, -0.25) is 0 Å². The standard InChI is InChI=1S/C38H32BO2S/c1-37(2,40)38(3,4)41-39-32-15-10-16-33-36(32)35-31(24-11-6-5-7-12-24)22-28(23-34(35)42-33)26-19-20-30-27(21-26)18-17-25-13-8-9-14-29(25)30/h5-23,40H,1-4H3. The van der Waals surface area contributed by atoms with Gasteiger partial charge >= 0.3 is 7.48 Å². The number of rotatable bonds is 6. The number of benzene rings is 6. The maximum Gasteiger partial charge on any atom is 0.331 e. The van der Waals surface area contributed by atoms with Crippen LogP contribution in [0.3, 0.4) is 0 Å². The van der Waals surface area contributed by atoms with Crippen molar-refractivity contribution in [1.29, 1.82) is 0 Å². The average molecular weight is 564 g/mol. The van der Waals surface area contributed by atoms with Gasteiger partial charge in [-0.05, 0) is 107 Å². The summed E-state index contributed by atoms with van der Waals surface area (Å²) in [6.45, 7) is 7.41. The zero-order valence-electron chi connectivity index (χ0n) is 24.3. The summed E-state index contributed by atoms with van der Waals surface area (Å²) in [5, 5.41) is 18.1. The van der Waals surface area contributed by atoms with E-state index in [1.165, 1.54) is 64.0 Å². The van der Waals surface area contributed by atoms with E-state index in [0.29, 0.717) is 0 Å². The first-order valence-corrected chi connectivity index (χ1v) is 15.2. The summed E-state index contributed by atoms with van der Waals surface area (Å²) in [6, 6.07) is 41.6. The van der Waals surface area contributed by atoms with E-state index >= 15 is 0 Å². The number of thiophene rings is 1. The van der Waals surface area contributed by atoms with Crippen LogP contribution in [0.5, 0.6) is 0 Å². The third-order valence-corrected chi connectivity index (χ3v) is 9.85. The third kappa shape index (κ3) is 4.61. The predicted molar refractivity (Wildman–Crippen MR) is 182 cm³/mol. The van der Waals surface area contributed by atoms with E-state index in [2.05, 4.69) is 115 Å². The second-order valence-electron chi connectivity index (χ2n) is 12.1. The molecule has 0 aliphatic carbocycles. The fraction of sp³-hybridized carbons (Fsp3) is 0.158. The van der Waals surface area contributed by atoms with Crippen LogP contribution in [0.1, 0.15) is 27.7 Å². The maximum atomic E-state index is 10.7. The summed E-state index contributed by atoms with van der Waals surface area (Å²) in [5.41, 5.74) is 4.06. The van der Waals surface area contributed by atoms with E-state index in [9.17, 15) is 5.11 Å². The lowest BCUT2D eigenvalue weighted by molar-refractivity contribution is -0.0893. The van der Waals surface area contributed by atoms with E-state index < -0.39 is 11.2 Å². The minimum Gasteiger partial charge on any atom is -0.427 e. The van der Waals surface area contributed by atoms with Gasteiger partial charge in [0.1, 0.15) is 0 Å². The van der Waals surface area contributed by atoms with Crippen molar-refractivity contribution in [2.45, 2.75) is 38.9 Å². The molecule has 2 nitrogen and oxygen atoms in total. The maximum absolute atomic E-state index is 10.7. The molecular weight excluding hydrogens is 531 g/mol. The summed E-state index contributed by atoms with van der Waals surface area (Å²) in [7, 11) is 1.82. The molecule has 6 aromatic carbocycles. The minimum atomic E-state index is -0.996. The first-order chi connectivity index (χ1) is 20.2. The van der Waals surface area contributed by atoms with Crippen molar-refractivity contribution in [2.75, 3.05) is 0 Å². The molecule has 0 spiro atoms. The molecule has 4 heteroatoms. The summed E-state index contributed by atoms with van der Waals surface area (Å²) in [4.78, 5) is 0. The molecule has 0 saturated heterocycles. The Bertz CT molecular complexity index is 2100. The lowest BCUT2D eigenvalue weighted by atomic mass is 9.80. The van der Waals surface area contributed by atoms with Gasteiger partial charge in [0, 0.05) is 14.8 Å². The molecule has 0 fully saturated rings. The molecule has 0 amide bonds. The molecule has 1 heterocycles. The molecule has 7 rings (SSSR count). The van der Waals surface area contributed by atoms with Gasteiger partial charge in [0.2, 0.25) is 0 Å². The van der Waals surface area contributed by atoms with Gasteiger partial charge in [0.05, 0.1) is 11.2 Å². The highest BCUT2D eigenvalue weighted by Crippen LogP contribution is 2.43. The van der Waals surface area contributed by atoms with Gasteiger partial charge in [-0.2, -0.15) is 0 Å². The highest BCUT2D eigenvalue weighted by Gasteiger charge is 2.36. The lowest BCUT2D eigenvalue weighted by Gasteiger charge is -2.37. The Morgan fingerprint density at radius 1 is 0.595 bits per heavy atom. The highest BCUT2D eigenvalue weighted by atomic mass is 32.1. The van der Waals surface area contributed by atoms with Crippen LogP contribution in [0.25, 0.3) is 64.0 Å². The molecule has 0 aliphatic rings. The molecule has 0 unspecified atom stereocenters. The third-order valence-electron chi connectivity index (χ3n) is 8.75. The van der Waals surface area contributed by atoms with Crippen LogP contribution in [0, 0.1) is 0 Å². The first kappa shape index (κ1) is 26.9. The zero-order chi connectivity index (χ0) is 29.1. The molecule has 1 aromatic heterocycles. The van der Waals surface area contributed by atoms with Crippen LogP contribution in [0.2, 0.25) is 0 Å². The highest BCUT2D eigenvalue weighted by molar-refractivity contribution is 7.26. The van der Waals surface area contributed by atoms with Crippen molar-refractivity contribution in [1.82, 2.24) is 0 Å². The molecular formula is C38H32BO2S. The number of hydrogen-bond acceptors (Lipinski definition) is 3. The molecule has 0 bridgehead atoms. The monoisotopic (exact) mass is 563 g/mol. The second kappa shape index (κ2) is 10.1. The fourth-order valence-corrected chi connectivity index (χ4v) is 6.84. The molecule has 0 saturated carbocycles. The van der Waals surface area contributed by atoms with Crippen molar-refractivity contribution in [3.8, 4) is 22.3 Å². The molecule has 1 radical (unpaired) electrons. The van der Waals surface area contributed by atoms with Crippen molar-refractivity contribution in [3.63, 3.8) is 0 Å². The Balaban J connectivity index is 1.42. The normalized spacial score (nSPS) is 12.5. The van der Waals surface area contributed by atoms with Crippen molar-refractivity contribution < 1.29 is 9.76 Å². The number of fused-ring (bicyclic) bond motifs is 6. The molecule has 7 aromatic rings.